The molecular weight excluding hydrogens is 417 g/mol. The summed E-state index contributed by atoms with van der Waals surface area (Å²) < 4.78 is 1.10. The molecule has 0 bridgehead atoms. The van der Waals surface area contributed by atoms with Crippen LogP contribution in [0, 0.1) is 10.1 Å². The molecule has 0 aliphatic carbocycles. The highest BCUT2D eigenvalue weighted by Gasteiger charge is 2.12. The number of nitrogens with zero attached hydrogens (tertiary/aromatic N) is 2. The summed E-state index contributed by atoms with van der Waals surface area (Å²) in [7, 11) is 0. The Bertz CT molecular complexity index is 997. The molecule has 26 heavy (non-hydrogen) atoms. The molecule has 0 saturated heterocycles. The number of aromatic nitrogens is 1. The van der Waals surface area contributed by atoms with Crippen LogP contribution >= 0.6 is 45.9 Å². The summed E-state index contributed by atoms with van der Waals surface area (Å²) in [4.78, 5) is 26.4. The third kappa shape index (κ3) is 4.47. The number of thiophene rings is 1. The molecule has 0 fully saturated rings. The molecule has 3 rings (SSSR count). The zero-order valence-electron chi connectivity index (χ0n) is 12.8. The molecule has 1 N–H and O–H groups in total. The third-order valence-electron chi connectivity index (χ3n) is 3.20. The van der Waals surface area contributed by atoms with Crippen molar-refractivity contribution in [3.8, 4) is 11.3 Å². The molecule has 1 aromatic carbocycles. The van der Waals surface area contributed by atoms with Gasteiger partial charge in [-0.15, -0.1) is 22.7 Å². The summed E-state index contributed by atoms with van der Waals surface area (Å²) in [6.07, 6.45) is 2.89. The lowest BCUT2D eigenvalue weighted by Crippen LogP contribution is -2.07. The van der Waals surface area contributed by atoms with Crippen molar-refractivity contribution in [2.24, 2.45) is 0 Å². The van der Waals surface area contributed by atoms with Gasteiger partial charge in [-0.1, -0.05) is 23.2 Å². The van der Waals surface area contributed by atoms with Gasteiger partial charge >= 0.3 is 0 Å². The Hall–Kier alpha value is -2.26. The molecule has 2 aromatic heterocycles. The van der Waals surface area contributed by atoms with Crippen molar-refractivity contribution in [3.63, 3.8) is 0 Å². The molecule has 0 saturated carbocycles. The van der Waals surface area contributed by atoms with Crippen molar-refractivity contribution in [1.29, 1.82) is 0 Å². The van der Waals surface area contributed by atoms with Gasteiger partial charge in [0.25, 0.3) is 5.69 Å². The lowest BCUT2D eigenvalue weighted by molar-refractivity contribution is -0.384. The summed E-state index contributed by atoms with van der Waals surface area (Å²) in [6.45, 7) is 0. The number of non-ortho nitro benzene ring substituents is 1. The number of hydrogen-bond donors (Lipinski definition) is 1. The third-order valence-corrected chi connectivity index (χ3v) is 5.44. The monoisotopic (exact) mass is 425 g/mol. The minimum absolute atomic E-state index is 0.00545. The second-order valence-corrected chi connectivity index (χ2v) is 8.09. The zero-order valence-corrected chi connectivity index (χ0v) is 16.0. The molecule has 6 nitrogen and oxygen atoms in total. The van der Waals surface area contributed by atoms with Crippen LogP contribution in [0.25, 0.3) is 17.3 Å². The van der Waals surface area contributed by atoms with Gasteiger partial charge in [0.2, 0.25) is 5.91 Å². The van der Waals surface area contributed by atoms with Crippen molar-refractivity contribution >= 4 is 68.7 Å². The predicted molar refractivity (Wildman–Crippen MR) is 106 cm³/mol. The Morgan fingerprint density at radius 2 is 2.00 bits per heavy atom. The molecule has 0 atom stereocenters. The molecule has 0 aliphatic rings. The first-order valence-electron chi connectivity index (χ1n) is 7.06. The van der Waals surface area contributed by atoms with Crippen molar-refractivity contribution in [2.75, 3.05) is 5.32 Å². The number of carbonyl (C=O) groups excluding carboxylic acids is 1. The minimum Gasteiger partial charge on any atom is -0.298 e. The van der Waals surface area contributed by atoms with Crippen molar-refractivity contribution < 1.29 is 9.72 Å². The molecule has 0 spiro atoms. The van der Waals surface area contributed by atoms with Gasteiger partial charge in [-0.3, -0.25) is 20.2 Å². The van der Waals surface area contributed by atoms with E-state index >= 15 is 0 Å². The topological polar surface area (TPSA) is 85.1 Å². The second-order valence-electron chi connectivity index (χ2n) is 4.95. The fourth-order valence-electron chi connectivity index (χ4n) is 2.00. The molecule has 2 heterocycles. The first-order chi connectivity index (χ1) is 12.4. The number of hydrogen-bond acceptors (Lipinski definition) is 6. The van der Waals surface area contributed by atoms with Crippen molar-refractivity contribution in [3.05, 3.63) is 66.1 Å². The Balaban J connectivity index is 1.65. The van der Waals surface area contributed by atoms with Crippen LogP contribution in [0.2, 0.25) is 8.67 Å². The van der Waals surface area contributed by atoms with Crippen LogP contribution < -0.4 is 5.32 Å². The first-order valence-corrected chi connectivity index (χ1v) is 9.52. The second kappa shape index (κ2) is 7.96. The van der Waals surface area contributed by atoms with E-state index < -0.39 is 4.92 Å². The van der Waals surface area contributed by atoms with Gasteiger partial charge in [-0.2, -0.15) is 0 Å². The number of thiazole rings is 1. The van der Waals surface area contributed by atoms with Gasteiger partial charge in [0.15, 0.2) is 5.13 Å². The zero-order chi connectivity index (χ0) is 18.7. The standard InChI is InChI=1S/C16H9Cl2N3O3S2/c17-13-7-11(15(18)26-13)12-8-25-16(19-12)20-14(22)6-3-9-1-4-10(5-2-9)21(23)24/h1-8H,(H,19,20,22). The van der Waals surface area contributed by atoms with Gasteiger partial charge < -0.3 is 0 Å². The van der Waals surface area contributed by atoms with Crippen LogP contribution in [-0.2, 0) is 4.79 Å². The molecule has 10 heteroatoms. The number of anilines is 1. The molecule has 3 aromatic rings. The SMILES string of the molecule is O=C(C=Cc1ccc([N+](=O)[O-])cc1)Nc1nc(-c2cc(Cl)sc2Cl)cs1. The predicted octanol–water partition coefficient (Wildman–Crippen LogP) is 5.74. The quantitative estimate of drug-likeness (QED) is 0.320. The smallest absolute Gasteiger partial charge is 0.269 e. The molecule has 132 valence electrons. The summed E-state index contributed by atoms with van der Waals surface area (Å²) in [5.74, 6) is -0.362. The Kier molecular flexibility index (Phi) is 5.67. The largest absolute Gasteiger partial charge is 0.298 e. The number of rotatable bonds is 5. The average Bonchev–Trinajstić information content (AvgIpc) is 3.19. The normalized spacial score (nSPS) is 11.0. The maximum absolute atomic E-state index is 12.0. The number of nitro groups is 1. The highest BCUT2D eigenvalue weighted by Crippen LogP contribution is 2.38. The highest BCUT2D eigenvalue weighted by atomic mass is 35.5. The molecular formula is C16H9Cl2N3O3S2. The summed E-state index contributed by atoms with van der Waals surface area (Å²) in [5.41, 5.74) is 2.03. The van der Waals surface area contributed by atoms with E-state index in [1.807, 2.05) is 0 Å². The maximum Gasteiger partial charge on any atom is 0.269 e. The van der Waals surface area contributed by atoms with E-state index in [1.54, 1.807) is 29.7 Å². The number of carbonyl (C=O) groups is 1. The van der Waals surface area contributed by atoms with Crippen LogP contribution in [0.4, 0.5) is 10.8 Å². The van der Waals surface area contributed by atoms with E-state index in [4.69, 9.17) is 23.2 Å². The number of nitro benzene ring substituents is 1. The molecule has 0 unspecified atom stereocenters. The van der Waals surface area contributed by atoms with E-state index in [0.29, 0.717) is 25.1 Å². The number of halogens is 2. The van der Waals surface area contributed by atoms with Crippen LogP contribution in [0.5, 0.6) is 0 Å². The van der Waals surface area contributed by atoms with E-state index in [0.717, 1.165) is 5.56 Å². The lowest BCUT2D eigenvalue weighted by Gasteiger charge is -1.97. The molecule has 0 radical (unpaired) electrons. The number of amides is 1. The van der Waals surface area contributed by atoms with Gasteiger partial charge in [-0.05, 0) is 29.8 Å². The fourth-order valence-corrected chi connectivity index (χ4v) is 4.19. The van der Waals surface area contributed by atoms with E-state index in [9.17, 15) is 14.9 Å². The Morgan fingerprint density at radius 3 is 2.62 bits per heavy atom. The van der Waals surface area contributed by atoms with Crippen LogP contribution in [0.15, 0.2) is 41.8 Å². The summed E-state index contributed by atoms with van der Waals surface area (Å²) >= 11 is 14.5. The highest BCUT2D eigenvalue weighted by molar-refractivity contribution is 7.20. The van der Waals surface area contributed by atoms with E-state index in [-0.39, 0.29) is 11.6 Å². The number of benzene rings is 1. The van der Waals surface area contributed by atoms with Crippen LogP contribution in [-0.4, -0.2) is 15.8 Å². The van der Waals surface area contributed by atoms with E-state index in [2.05, 4.69) is 10.3 Å². The van der Waals surface area contributed by atoms with E-state index in [1.165, 1.54) is 40.9 Å². The van der Waals surface area contributed by atoms with Gasteiger partial charge in [0, 0.05) is 29.2 Å². The Morgan fingerprint density at radius 1 is 1.27 bits per heavy atom. The summed E-state index contributed by atoms with van der Waals surface area (Å²) in [5, 5.41) is 15.5. The lowest BCUT2D eigenvalue weighted by atomic mass is 10.2. The van der Waals surface area contributed by atoms with Crippen LogP contribution in [0.3, 0.4) is 0 Å². The average molecular weight is 426 g/mol. The maximum atomic E-state index is 12.0. The van der Waals surface area contributed by atoms with Gasteiger partial charge in [0.05, 0.1) is 15.0 Å². The van der Waals surface area contributed by atoms with Crippen molar-refractivity contribution in [2.45, 2.75) is 0 Å². The minimum atomic E-state index is -0.479. The summed E-state index contributed by atoms with van der Waals surface area (Å²) in [6, 6.07) is 7.60. The molecule has 1 amide bonds. The van der Waals surface area contributed by atoms with Gasteiger partial charge in [-0.25, -0.2) is 4.98 Å². The van der Waals surface area contributed by atoms with Crippen molar-refractivity contribution in [1.82, 2.24) is 4.98 Å². The fraction of sp³-hybridized carbons (Fsp3) is 0. The number of nitrogens with one attached hydrogen (secondary N) is 1. The Labute approximate surface area is 165 Å². The molecule has 0 aliphatic heterocycles. The van der Waals surface area contributed by atoms with Crippen LogP contribution in [0.1, 0.15) is 5.56 Å². The first kappa shape index (κ1) is 18.5. The van der Waals surface area contributed by atoms with Gasteiger partial charge in [0.1, 0.15) is 4.34 Å².